The number of nitrogens with one attached hydrogen (secondary N) is 1. The number of sulfone groups is 1. The SMILES string of the molecule is CS(=O)(=O)CCCNCC1COc2ccccc21. The van der Waals surface area contributed by atoms with Crippen LogP contribution in [-0.4, -0.2) is 40.1 Å². The lowest BCUT2D eigenvalue weighted by Gasteiger charge is -2.10. The highest BCUT2D eigenvalue weighted by Gasteiger charge is 2.22. The minimum absolute atomic E-state index is 0.248. The van der Waals surface area contributed by atoms with Gasteiger partial charge >= 0.3 is 0 Å². The van der Waals surface area contributed by atoms with Gasteiger partial charge in [-0.05, 0) is 19.0 Å². The minimum atomic E-state index is -2.84. The molecule has 0 spiro atoms. The molecule has 1 aromatic carbocycles. The van der Waals surface area contributed by atoms with Crippen LogP contribution < -0.4 is 10.1 Å². The molecule has 1 atom stereocenters. The van der Waals surface area contributed by atoms with Crippen LogP contribution in [0.3, 0.4) is 0 Å². The van der Waals surface area contributed by atoms with Crippen molar-refractivity contribution in [3.05, 3.63) is 29.8 Å². The van der Waals surface area contributed by atoms with E-state index in [2.05, 4.69) is 11.4 Å². The zero-order chi connectivity index (χ0) is 13.0. The second-order valence-corrected chi connectivity index (χ2v) is 6.99. The summed E-state index contributed by atoms with van der Waals surface area (Å²) in [5.74, 6) is 1.59. The highest BCUT2D eigenvalue weighted by Crippen LogP contribution is 2.32. The van der Waals surface area contributed by atoms with Crippen LogP contribution in [0.2, 0.25) is 0 Å². The summed E-state index contributed by atoms with van der Waals surface area (Å²) in [7, 11) is -2.84. The minimum Gasteiger partial charge on any atom is -0.493 e. The van der Waals surface area contributed by atoms with Gasteiger partial charge in [-0.25, -0.2) is 8.42 Å². The number of hydrogen-bond acceptors (Lipinski definition) is 4. The van der Waals surface area contributed by atoms with Gasteiger partial charge in [-0.15, -0.1) is 0 Å². The Morgan fingerprint density at radius 1 is 1.39 bits per heavy atom. The average Bonchev–Trinajstić information content (AvgIpc) is 2.71. The summed E-state index contributed by atoms with van der Waals surface area (Å²) in [6.45, 7) is 2.27. The van der Waals surface area contributed by atoms with Gasteiger partial charge in [0.2, 0.25) is 0 Å². The summed E-state index contributed by atoms with van der Waals surface area (Å²) < 4.78 is 27.5. The first kappa shape index (κ1) is 13.4. The van der Waals surface area contributed by atoms with Gasteiger partial charge in [0.05, 0.1) is 12.4 Å². The highest BCUT2D eigenvalue weighted by molar-refractivity contribution is 7.90. The van der Waals surface area contributed by atoms with Crippen molar-refractivity contribution in [2.75, 3.05) is 31.7 Å². The molecular weight excluding hydrogens is 250 g/mol. The van der Waals surface area contributed by atoms with Crippen LogP contribution in [0.4, 0.5) is 0 Å². The molecule has 0 fully saturated rings. The van der Waals surface area contributed by atoms with Crippen molar-refractivity contribution >= 4 is 9.84 Å². The number of hydrogen-bond donors (Lipinski definition) is 1. The predicted molar refractivity (Wildman–Crippen MR) is 71.9 cm³/mol. The molecule has 0 amide bonds. The Morgan fingerprint density at radius 2 is 2.17 bits per heavy atom. The maximum Gasteiger partial charge on any atom is 0.147 e. The number of ether oxygens (including phenoxy) is 1. The first-order valence-electron chi connectivity index (χ1n) is 6.16. The predicted octanol–water partition coefficient (Wildman–Crippen LogP) is 1.19. The fourth-order valence-corrected chi connectivity index (χ4v) is 2.80. The lowest BCUT2D eigenvalue weighted by Crippen LogP contribution is -2.24. The van der Waals surface area contributed by atoms with Crippen LogP contribution in [0.25, 0.3) is 0 Å². The summed E-state index contributed by atoms with van der Waals surface area (Å²) in [5.41, 5.74) is 1.24. The number of para-hydroxylation sites is 1. The van der Waals surface area contributed by atoms with E-state index in [0.717, 1.165) is 18.8 Å². The van der Waals surface area contributed by atoms with Crippen molar-refractivity contribution < 1.29 is 13.2 Å². The smallest absolute Gasteiger partial charge is 0.147 e. The molecule has 2 rings (SSSR count). The second-order valence-electron chi connectivity index (χ2n) is 4.73. The van der Waals surface area contributed by atoms with Gasteiger partial charge in [0, 0.05) is 24.3 Å². The summed E-state index contributed by atoms with van der Waals surface area (Å²) in [5, 5.41) is 3.30. The van der Waals surface area contributed by atoms with E-state index >= 15 is 0 Å². The van der Waals surface area contributed by atoms with Gasteiger partial charge in [-0.1, -0.05) is 18.2 Å². The maximum absolute atomic E-state index is 11.0. The molecule has 1 N–H and O–H groups in total. The lowest BCUT2D eigenvalue weighted by molar-refractivity contribution is 0.326. The first-order chi connectivity index (χ1) is 8.56. The van der Waals surface area contributed by atoms with Crippen molar-refractivity contribution in [1.29, 1.82) is 0 Å². The molecule has 18 heavy (non-hydrogen) atoms. The van der Waals surface area contributed by atoms with E-state index < -0.39 is 9.84 Å². The molecule has 0 saturated carbocycles. The van der Waals surface area contributed by atoms with Gasteiger partial charge in [0.25, 0.3) is 0 Å². The Labute approximate surface area is 108 Å². The third-order valence-corrected chi connectivity index (χ3v) is 4.09. The Balaban J connectivity index is 1.73. The molecule has 0 bridgehead atoms. The Bertz CT molecular complexity index is 499. The quantitative estimate of drug-likeness (QED) is 0.788. The number of fused-ring (bicyclic) bond motifs is 1. The molecule has 5 heteroatoms. The molecule has 0 radical (unpaired) electrons. The zero-order valence-electron chi connectivity index (χ0n) is 10.6. The summed E-state index contributed by atoms with van der Waals surface area (Å²) in [6, 6.07) is 8.06. The zero-order valence-corrected chi connectivity index (χ0v) is 11.4. The molecule has 4 nitrogen and oxygen atoms in total. The molecular formula is C13H19NO3S. The van der Waals surface area contributed by atoms with E-state index in [4.69, 9.17) is 4.74 Å². The lowest BCUT2D eigenvalue weighted by atomic mass is 10.0. The summed E-state index contributed by atoms with van der Waals surface area (Å²) >= 11 is 0. The normalized spacial score (nSPS) is 18.4. The van der Waals surface area contributed by atoms with E-state index in [-0.39, 0.29) is 5.75 Å². The monoisotopic (exact) mass is 269 g/mol. The van der Waals surface area contributed by atoms with Crippen LogP contribution in [0.1, 0.15) is 17.9 Å². The van der Waals surface area contributed by atoms with Crippen LogP contribution in [-0.2, 0) is 9.84 Å². The Morgan fingerprint density at radius 3 is 2.94 bits per heavy atom. The molecule has 1 aliphatic heterocycles. The molecule has 1 heterocycles. The van der Waals surface area contributed by atoms with Gasteiger partial charge in [0.15, 0.2) is 0 Å². The van der Waals surface area contributed by atoms with E-state index in [1.807, 2.05) is 18.2 Å². The average molecular weight is 269 g/mol. The third-order valence-electron chi connectivity index (χ3n) is 3.06. The van der Waals surface area contributed by atoms with Gasteiger partial charge in [-0.2, -0.15) is 0 Å². The van der Waals surface area contributed by atoms with Crippen molar-refractivity contribution in [3.63, 3.8) is 0 Å². The van der Waals surface area contributed by atoms with Gasteiger partial charge in [-0.3, -0.25) is 0 Å². The highest BCUT2D eigenvalue weighted by atomic mass is 32.2. The van der Waals surface area contributed by atoms with Crippen LogP contribution >= 0.6 is 0 Å². The van der Waals surface area contributed by atoms with E-state index in [1.54, 1.807) is 0 Å². The Hall–Kier alpha value is -1.07. The molecule has 1 aliphatic rings. The molecule has 0 aliphatic carbocycles. The number of rotatable bonds is 6. The summed E-state index contributed by atoms with van der Waals surface area (Å²) in [6.07, 6.45) is 1.93. The standard InChI is InChI=1S/C13H19NO3S/c1-18(15,16)8-4-7-14-9-11-10-17-13-6-3-2-5-12(11)13/h2-3,5-6,11,14H,4,7-10H2,1H3. The molecule has 0 aromatic heterocycles. The number of benzene rings is 1. The second kappa shape index (κ2) is 5.71. The topological polar surface area (TPSA) is 55.4 Å². The fraction of sp³-hybridized carbons (Fsp3) is 0.538. The van der Waals surface area contributed by atoms with E-state index in [0.29, 0.717) is 18.9 Å². The van der Waals surface area contributed by atoms with E-state index in [9.17, 15) is 8.42 Å². The van der Waals surface area contributed by atoms with Crippen LogP contribution in [0, 0.1) is 0 Å². The van der Waals surface area contributed by atoms with Crippen LogP contribution in [0.5, 0.6) is 5.75 Å². The van der Waals surface area contributed by atoms with Crippen molar-refractivity contribution in [2.24, 2.45) is 0 Å². The van der Waals surface area contributed by atoms with Gasteiger partial charge < -0.3 is 10.1 Å². The summed E-state index contributed by atoms with van der Waals surface area (Å²) in [4.78, 5) is 0. The largest absolute Gasteiger partial charge is 0.493 e. The van der Waals surface area contributed by atoms with Crippen molar-refractivity contribution in [3.8, 4) is 5.75 Å². The molecule has 1 aromatic rings. The maximum atomic E-state index is 11.0. The van der Waals surface area contributed by atoms with Crippen molar-refractivity contribution in [2.45, 2.75) is 12.3 Å². The van der Waals surface area contributed by atoms with Crippen LogP contribution in [0.15, 0.2) is 24.3 Å². The molecule has 1 unspecified atom stereocenters. The fourth-order valence-electron chi connectivity index (χ4n) is 2.13. The Kier molecular flexibility index (Phi) is 4.24. The van der Waals surface area contributed by atoms with E-state index in [1.165, 1.54) is 11.8 Å². The van der Waals surface area contributed by atoms with Crippen molar-refractivity contribution in [1.82, 2.24) is 5.32 Å². The third kappa shape index (κ3) is 3.71. The molecule has 100 valence electrons. The first-order valence-corrected chi connectivity index (χ1v) is 8.22. The molecule has 0 saturated heterocycles. The van der Waals surface area contributed by atoms with Gasteiger partial charge in [0.1, 0.15) is 15.6 Å².